The van der Waals surface area contributed by atoms with Crippen LogP contribution in [0.4, 0.5) is 0 Å². The molecule has 3 aromatic carbocycles. The van der Waals surface area contributed by atoms with Gasteiger partial charge >= 0.3 is 0 Å². The topological polar surface area (TPSA) is 57.8 Å². The van der Waals surface area contributed by atoms with E-state index in [0.29, 0.717) is 0 Å². The third-order valence-corrected chi connectivity index (χ3v) is 4.95. The predicted octanol–water partition coefficient (Wildman–Crippen LogP) is 5.09. The molecular weight excluding hydrogens is 346 g/mol. The van der Waals surface area contributed by atoms with E-state index in [2.05, 4.69) is 17.6 Å². The second-order valence-electron chi connectivity index (χ2n) is 6.79. The van der Waals surface area contributed by atoms with E-state index in [1.54, 1.807) is 10.8 Å². The third kappa shape index (κ3) is 3.04. The molecule has 0 spiro atoms. The first-order valence-electron chi connectivity index (χ1n) is 9.07. The molecule has 1 N–H and O–H groups in total. The zero-order chi connectivity index (χ0) is 19.7. The van der Waals surface area contributed by atoms with E-state index in [1.807, 2.05) is 74.5 Å². The lowest BCUT2D eigenvalue weighted by Gasteiger charge is -2.12. The fourth-order valence-corrected chi connectivity index (χ4v) is 3.50. The van der Waals surface area contributed by atoms with Crippen molar-refractivity contribution in [1.82, 2.24) is 4.68 Å². The molecule has 4 aromatic rings. The summed E-state index contributed by atoms with van der Waals surface area (Å²) in [6.45, 7) is 3.81. The van der Waals surface area contributed by atoms with Crippen LogP contribution in [0, 0.1) is 25.2 Å². The maximum atomic E-state index is 12.8. The highest BCUT2D eigenvalue weighted by Gasteiger charge is 2.14. The minimum absolute atomic E-state index is 0.0639. The van der Waals surface area contributed by atoms with Crippen LogP contribution in [-0.4, -0.2) is 10.6 Å². The number of aromatic nitrogens is 1. The van der Waals surface area contributed by atoms with Crippen LogP contribution in [0.5, 0.6) is 0 Å². The fourth-order valence-electron chi connectivity index (χ4n) is 3.50. The van der Waals surface area contributed by atoms with Gasteiger partial charge in [0.2, 0.25) is 0 Å². The number of rotatable bonds is 3. The van der Waals surface area contributed by atoms with Crippen molar-refractivity contribution in [1.29, 1.82) is 5.26 Å². The lowest BCUT2D eigenvalue weighted by atomic mass is 9.95. The number of nitrogens with one attached hydrogen (secondary N) is 1. The highest BCUT2D eigenvalue weighted by Crippen LogP contribution is 2.30. The van der Waals surface area contributed by atoms with Crippen molar-refractivity contribution in [2.45, 2.75) is 13.8 Å². The SMILES string of the molecule is Cc1ccc(C)n1NC(=O)/C(C#N)=C/c1c2ccccc2cc2ccccc12. The van der Waals surface area contributed by atoms with Crippen molar-refractivity contribution >= 4 is 33.5 Å². The Kier molecular flexibility index (Phi) is 4.42. The van der Waals surface area contributed by atoms with E-state index in [-0.39, 0.29) is 5.57 Å². The van der Waals surface area contributed by atoms with Crippen molar-refractivity contribution in [2.24, 2.45) is 0 Å². The van der Waals surface area contributed by atoms with E-state index in [4.69, 9.17) is 0 Å². The minimum atomic E-state index is -0.429. The maximum absolute atomic E-state index is 12.8. The molecule has 0 saturated heterocycles. The Balaban J connectivity index is 1.87. The number of benzene rings is 3. The van der Waals surface area contributed by atoms with Crippen LogP contribution in [0.2, 0.25) is 0 Å². The number of aryl methyl sites for hydroxylation is 2. The normalized spacial score (nSPS) is 11.5. The summed E-state index contributed by atoms with van der Waals surface area (Å²) in [5.41, 5.74) is 5.56. The summed E-state index contributed by atoms with van der Waals surface area (Å²) in [5, 5.41) is 13.8. The summed E-state index contributed by atoms with van der Waals surface area (Å²) >= 11 is 0. The van der Waals surface area contributed by atoms with Gasteiger partial charge in [0.15, 0.2) is 0 Å². The second kappa shape index (κ2) is 7.05. The van der Waals surface area contributed by atoms with E-state index in [9.17, 15) is 10.1 Å². The number of carbonyl (C=O) groups excluding carboxylic acids is 1. The molecule has 4 nitrogen and oxygen atoms in total. The van der Waals surface area contributed by atoms with Gasteiger partial charge in [-0.25, -0.2) is 0 Å². The van der Waals surface area contributed by atoms with Gasteiger partial charge in [0.25, 0.3) is 5.91 Å². The van der Waals surface area contributed by atoms with Gasteiger partial charge in [-0.15, -0.1) is 0 Å². The maximum Gasteiger partial charge on any atom is 0.280 e. The predicted molar refractivity (Wildman–Crippen MR) is 113 cm³/mol. The van der Waals surface area contributed by atoms with Crippen LogP contribution in [-0.2, 0) is 4.79 Å². The zero-order valence-corrected chi connectivity index (χ0v) is 15.7. The first kappa shape index (κ1) is 17.6. The number of hydrogen-bond donors (Lipinski definition) is 1. The molecular formula is C24H19N3O. The Morgan fingerprint density at radius 2 is 1.46 bits per heavy atom. The molecule has 0 saturated carbocycles. The Labute approximate surface area is 163 Å². The van der Waals surface area contributed by atoms with Crippen LogP contribution in [0.1, 0.15) is 17.0 Å². The van der Waals surface area contributed by atoms with Crippen molar-refractivity contribution in [2.75, 3.05) is 5.43 Å². The third-order valence-electron chi connectivity index (χ3n) is 4.95. The summed E-state index contributed by atoms with van der Waals surface area (Å²) in [6, 6.07) is 24.0. The smallest absolute Gasteiger partial charge is 0.267 e. The average Bonchev–Trinajstić information content (AvgIpc) is 3.03. The van der Waals surface area contributed by atoms with Gasteiger partial charge in [0, 0.05) is 11.4 Å². The number of hydrogen-bond acceptors (Lipinski definition) is 2. The molecule has 0 aliphatic carbocycles. The zero-order valence-electron chi connectivity index (χ0n) is 15.7. The average molecular weight is 365 g/mol. The van der Waals surface area contributed by atoms with E-state index >= 15 is 0 Å². The molecule has 0 atom stereocenters. The minimum Gasteiger partial charge on any atom is -0.267 e. The second-order valence-corrected chi connectivity index (χ2v) is 6.79. The summed E-state index contributed by atoms with van der Waals surface area (Å²) in [5.74, 6) is -0.429. The summed E-state index contributed by atoms with van der Waals surface area (Å²) in [6.07, 6.45) is 1.69. The molecule has 0 fully saturated rings. The van der Waals surface area contributed by atoms with Crippen molar-refractivity contribution in [3.8, 4) is 6.07 Å². The Morgan fingerprint density at radius 1 is 0.929 bits per heavy atom. The lowest BCUT2D eigenvalue weighted by molar-refractivity contribution is -0.113. The summed E-state index contributed by atoms with van der Waals surface area (Å²) < 4.78 is 1.69. The quantitative estimate of drug-likeness (QED) is 0.312. The van der Waals surface area contributed by atoms with Crippen LogP contribution in [0.3, 0.4) is 0 Å². The van der Waals surface area contributed by atoms with Gasteiger partial charge in [-0.1, -0.05) is 48.5 Å². The van der Waals surface area contributed by atoms with E-state index < -0.39 is 5.91 Å². The summed E-state index contributed by atoms with van der Waals surface area (Å²) in [7, 11) is 0. The van der Waals surface area contributed by atoms with Crippen LogP contribution in [0.25, 0.3) is 27.6 Å². The number of carbonyl (C=O) groups is 1. The monoisotopic (exact) mass is 365 g/mol. The molecule has 0 bridgehead atoms. The van der Waals surface area contributed by atoms with Gasteiger partial charge in [0.1, 0.15) is 11.6 Å². The molecule has 4 heteroatoms. The highest BCUT2D eigenvalue weighted by molar-refractivity contribution is 6.12. The summed E-state index contributed by atoms with van der Waals surface area (Å²) in [4.78, 5) is 12.8. The molecule has 0 aliphatic rings. The molecule has 1 amide bonds. The molecule has 0 unspecified atom stereocenters. The first-order valence-corrected chi connectivity index (χ1v) is 9.07. The Hall–Kier alpha value is -3.84. The fraction of sp³-hybridized carbons (Fsp3) is 0.0833. The van der Waals surface area contributed by atoms with Gasteiger partial charge in [0.05, 0.1) is 0 Å². The largest absolute Gasteiger partial charge is 0.280 e. The molecule has 0 radical (unpaired) electrons. The molecule has 136 valence electrons. The molecule has 1 heterocycles. The Morgan fingerprint density at radius 3 is 2.00 bits per heavy atom. The number of amides is 1. The molecule has 0 aliphatic heterocycles. The van der Waals surface area contributed by atoms with Crippen molar-refractivity contribution in [3.05, 3.63) is 89.3 Å². The highest BCUT2D eigenvalue weighted by atomic mass is 16.2. The van der Waals surface area contributed by atoms with Crippen molar-refractivity contribution in [3.63, 3.8) is 0 Å². The number of nitrogens with zero attached hydrogens (tertiary/aromatic N) is 2. The first-order chi connectivity index (χ1) is 13.6. The van der Waals surface area contributed by atoms with Gasteiger partial charge in [-0.05, 0) is 65.2 Å². The van der Waals surface area contributed by atoms with Crippen molar-refractivity contribution < 1.29 is 4.79 Å². The van der Waals surface area contributed by atoms with Gasteiger partial charge in [-0.3, -0.25) is 14.9 Å². The van der Waals surface area contributed by atoms with E-state index in [1.165, 1.54) is 0 Å². The Bertz CT molecular complexity index is 1210. The van der Waals surface area contributed by atoms with Crippen LogP contribution in [0.15, 0.2) is 72.3 Å². The number of nitriles is 1. The standard InChI is InChI=1S/C24H19N3O/c1-16-11-12-17(2)27(16)26-24(28)20(15-25)14-23-21-9-5-3-7-18(21)13-19-8-4-6-10-22(19)23/h3-14H,1-2H3,(H,26,28)/b20-14+. The molecule has 4 rings (SSSR count). The molecule has 1 aromatic heterocycles. The van der Waals surface area contributed by atoms with Crippen LogP contribution < -0.4 is 5.43 Å². The van der Waals surface area contributed by atoms with E-state index in [0.717, 1.165) is 38.5 Å². The van der Waals surface area contributed by atoms with Crippen LogP contribution >= 0.6 is 0 Å². The van der Waals surface area contributed by atoms with Gasteiger partial charge < -0.3 is 0 Å². The van der Waals surface area contributed by atoms with Gasteiger partial charge in [-0.2, -0.15) is 5.26 Å². The number of fused-ring (bicyclic) bond motifs is 2. The molecule has 28 heavy (non-hydrogen) atoms. The lowest BCUT2D eigenvalue weighted by Crippen LogP contribution is -2.25.